The van der Waals surface area contributed by atoms with Crippen LogP contribution in [0.3, 0.4) is 0 Å². The Morgan fingerprint density at radius 3 is 2.50 bits per heavy atom. The highest BCUT2D eigenvalue weighted by molar-refractivity contribution is 5.36. The Balaban J connectivity index is 1.56. The summed E-state index contributed by atoms with van der Waals surface area (Å²) in [5.41, 5.74) is 0.946. The third kappa shape index (κ3) is 2.24. The Bertz CT molecular complexity index is 490. The van der Waals surface area contributed by atoms with Gasteiger partial charge in [-0.2, -0.15) is 5.26 Å². The summed E-state index contributed by atoms with van der Waals surface area (Å²) < 4.78 is 5.63. The SMILES string of the molecule is COC1(CNC2CC(C#N)(c3ccccc3)C2)CCC1. The van der Waals surface area contributed by atoms with Crippen LogP contribution in [-0.4, -0.2) is 25.3 Å². The smallest absolute Gasteiger partial charge is 0.0852 e. The first-order valence-corrected chi connectivity index (χ1v) is 7.47. The van der Waals surface area contributed by atoms with Gasteiger partial charge in [0.15, 0.2) is 0 Å². The summed E-state index contributed by atoms with van der Waals surface area (Å²) in [5, 5.41) is 13.1. The molecule has 0 amide bonds. The van der Waals surface area contributed by atoms with Crippen molar-refractivity contribution in [1.82, 2.24) is 5.32 Å². The van der Waals surface area contributed by atoms with Gasteiger partial charge >= 0.3 is 0 Å². The van der Waals surface area contributed by atoms with Gasteiger partial charge in [-0.3, -0.25) is 0 Å². The van der Waals surface area contributed by atoms with E-state index in [2.05, 4.69) is 23.5 Å². The number of nitrogens with zero attached hydrogens (tertiary/aromatic N) is 1. The molecule has 106 valence electrons. The monoisotopic (exact) mass is 270 g/mol. The van der Waals surface area contributed by atoms with Crippen LogP contribution in [0.4, 0.5) is 0 Å². The molecule has 0 spiro atoms. The van der Waals surface area contributed by atoms with Crippen LogP contribution in [0.25, 0.3) is 0 Å². The lowest BCUT2D eigenvalue weighted by atomic mass is 9.62. The molecule has 1 aromatic carbocycles. The van der Waals surface area contributed by atoms with Gasteiger partial charge < -0.3 is 10.1 Å². The molecule has 0 unspecified atom stereocenters. The number of benzene rings is 1. The second kappa shape index (κ2) is 5.20. The molecule has 1 aromatic rings. The molecule has 0 saturated heterocycles. The van der Waals surface area contributed by atoms with E-state index < -0.39 is 0 Å². The highest BCUT2D eigenvalue weighted by Gasteiger charge is 2.47. The average Bonchev–Trinajstić information content (AvgIpc) is 2.41. The average molecular weight is 270 g/mol. The van der Waals surface area contributed by atoms with Gasteiger partial charge in [0.05, 0.1) is 17.1 Å². The van der Waals surface area contributed by atoms with Crippen LogP contribution in [-0.2, 0) is 10.2 Å². The van der Waals surface area contributed by atoms with Crippen molar-refractivity contribution in [1.29, 1.82) is 5.26 Å². The van der Waals surface area contributed by atoms with E-state index in [1.54, 1.807) is 0 Å². The van der Waals surface area contributed by atoms with Crippen LogP contribution in [0.1, 0.15) is 37.7 Å². The molecule has 2 aliphatic rings. The van der Waals surface area contributed by atoms with Crippen molar-refractivity contribution in [2.45, 2.75) is 49.2 Å². The van der Waals surface area contributed by atoms with Gasteiger partial charge in [-0.05, 0) is 37.7 Å². The van der Waals surface area contributed by atoms with Gasteiger partial charge in [0.1, 0.15) is 0 Å². The molecule has 0 bridgehead atoms. The second-order valence-corrected chi connectivity index (χ2v) is 6.29. The van der Waals surface area contributed by atoms with Gasteiger partial charge in [0.2, 0.25) is 0 Å². The topological polar surface area (TPSA) is 45.0 Å². The number of methoxy groups -OCH3 is 1. The molecular formula is C17H22N2O. The molecule has 20 heavy (non-hydrogen) atoms. The number of ether oxygens (including phenoxy) is 1. The minimum atomic E-state index is -0.279. The number of hydrogen-bond acceptors (Lipinski definition) is 3. The van der Waals surface area contributed by atoms with E-state index in [0.29, 0.717) is 6.04 Å². The summed E-state index contributed by atoms with van der Waals surface area (Å²) in [6.45, 7) is 0.921. The zero-order valence-corrected chi connectivity index (χ0v) is 12.1. The molecule has 0 atom stereocenters. The largest absolute Gasteiger partial charge is 0.377 e. The van der Waals surface area contributed by atoms with Crippen molar-refractivity contribution >= 4 is 0 Å². The standard InChI is InChI=1S/C17H22N2O/c1-20-17(8-5-9-17)13-19-15-10-16(11-15,12-18)14-6-3-2-4-7-14/h2-4,6-7,15,19H,5,8-11,13H2,1H3. The van der Waals surface area contributed by atoms with E-state index in [1.807, 2.05) is 25.3 Å². The predicted molar refractivity (Wildman–Crippen MR) is 78.3 cm³/mol. The first-order chi connectivity index (χ1) is 9.72. The summed E-state index contributed by atoms with van der Waals surface area (Å²) >= 11 is 0. The summed E-state index contributed by atoms with van der Waals surface area (Å²) in [6.07, 6.45) is 5.41. The van der Waals surface area contributed by atoms with Gasteiger partial charge in [0.25, 0.3) is 0 Å². The Morgan fingerprint density at radius 2 is 2.00 bits per heavy atom. The van der Waals surface area contributed by atoms with Crippen molar-refractivity contribution in [3.63, 3.8) is 0 Å². The minimum absolute atomic E-state index is 0.0671. The van der Waals surface area contributed by atoms with Crippen molar-refractivity contribution in [3.8, 4) is 6.07 Å². The van der Waals surface area contributed by atoms with Gasteiger partial charge in [-0.25, -0.2) is 0 Å². The fraction of sp³-hybridized carbons (Fsp3) is 0.588. The van der Waals surface area contributed by atoms with Crippen molar-refractivity contribution in [3.05, 3.63) is 35.9 Å². The lowest BCUT2D eigenvalue weighted by Gasteiger charge is -2.47. The molecule has 3 heteroatoms. The van der Waals surface area contributed by atoms with Crippen LogP contribution < -0.4 is 5.32 Å². The fourth-order valence-corrected chi connectivity index (χ4v) is 3.43. The van der Waals surface area contributed by atoms with E-state index in [-0.39, 0.29) is 11.0 Å². The van der Waals surface area contributed by atoms with Crippen LogP contribution in [0, 0.1) is 11.3 Å². The Morgan fingerprint density at radius 1 is 1.30 bits per heavy atom. The Hall–Kier alpha value is -1.37. The molecule has 3 rings (SSSR count). The molecule has 1 N–H and O–H groups in total. The lowest BCUT2D eigenvalue weighted by Crippen LogP contribution is -2.56. The number of hydrogen-bond donors (Lipinski definition) is 1. The maximum atomic E-state index is 9.54. The van der Waals surface area contributed by atoms with Gasteiger partial charge in [-0.1, -0.05) is 30.3 Å². The number of nitrogens with one attached hydrogen (secondary N) is 1. The summed E-state index contributed by atoms with van der Waals surface area (Å²) in [4.78, 5) is 0. The second-order valence-electron chi connectivity index (χ2n) is 6.29. The molecule has 0 aliphatic heterocycles. The van der Waals surface area contributed by atoms with Crippen LogP contribution in [0.2, 0.25) is 0 Å². The summed E-state index contributed by atoms with van der Waals surface area (Å²) in [6, 6.07) is 13.2. The minimum Gasteiger partial charge on any atom is -0.377 e. The van der Waals surface area contributed by atoms with E-state index >= 15 is 0 Å². The van der Waals surface area contributed by atoms with Crippen molar-refractivity contribution in [2.75, 3.05) is 13.7 Å². The first kappa shape index (κ1) is 13.6. The molecule has 0 aromatic heterocycles. The molecule has 2 aliphatic carbocycles. The summed E-state index contributed by atoms with van der Waals surface area (Å²) in [5.74, 6) is 0. The van der Waals surface area contributed by atoms with Crippen molar-refractivity contribution < 1.29 is 4.74 Å². The van der Waals surface area contributed by atoms with E-state index in [9.17, 15) is 5.26 Å². The zero-order chi connectivity index (χ0) is 14.1. The van der Waals surface area contributed by atoms with E-state index in [4.69, 9.17) is 4.74 Å². The van der Waals surface area contributed by atoms with Crippen molar-refractivity contribution in [2.24, 2.45) is 0 Å². The van der Waals surface area contributed by atoms with E-state index in [1.165, 1.54) is 6.42 Å². The molecule has 3 nitrogen and oxygen atoms in total. The first-order valence-electron chi connectivity index (χ1n) is 7.47. The summed E-state index contributed by atoms with van der Waals surface area (Å²) in [7, 11) is 1.81. The molecule has 2 fully saturated rings. The Kier molecular flexibility index (Phi) is 3.54. The number of rotatable bonds is 5. The van der Waals surface area contributed by atoms with E-state index in [0.717, 1.165) is 37.8 Å². The highest BCUT2D eigenvalue weighted by atomic mass is 16.5. The maximum absolute atomic E-state index is 9.54. The molecule has 2 saturated carbocycles. The Labute approximate surface area is 120 Å². The maximum Gasteiger partial charge on any atom is 0.0852 e. The lowest BCUT2D eigenvalue weighted by molar-refractivity contribution is -0.0730. The quantitative estimate of drug-likeness (QED) is 0.895. The van der Waals surface area contributed by atoms with Gasteiger partial charge in [-0.15, -0.1) is 0 Å². The number of nitriles is 1. The van der Waals surface area contributed by atoms with Crippen LogP contribution in [0.15, 0.2) is 30.3 Å². The molecule has 0 radical (unpaired) electrons. The van der Waals surface area contributed by atoms with Gasteiger partial charge in [0, 0.05) is 19.7 Å². The fourth-order valence-electron chi connectivity index (χ4n) is 3.43. The third-order valence-corrected chi connectivity index (χ3v) is 5.14. The molecular weight excluding hydrogens is 248 g/mol. The predicted octanol–water partition coefficient (Wildman–Crippen LogP) is 2.77. The van der Waals surface area contributed by atoms with Crippen LogP contribution >= 0.6 is 0 Å². The normalized spacial score (nSPS) is 30.9. The third-order valence-electron chi connectivity index (χ3n) is 5.14. The zero-order valence-electron chi connectivity index (χ0n) is 12.1. The van der Waals surface area contributed by atoms with Crippen LogP contribution in [0.5, 0.6) is 0 Å². The highest BCUT2D eigenvalue weighted by Crippen LogP contribution is 2.44. The molecule has 0 heterocycles.